The highest BCUT2D eigenvalue weighted by molar-refractivity contribution is 5.78. The summed E-state index contributed by atoms with van der Waals surface area (Å²) in [5.41, 5.74) is 0. The minimum Gasteiger partial charge on any atom is -0.465 e. The second-order valence-corrected chi connectivity index (χ2v) is 3.84. The molecule has 0 aromatic heterocycles. The Morgan fingerprint density at radius 1 is 1.50 bits per heavy atom. The fraction of sp³-hybridized carbons (Fsp3) is 0.700. The average Bonchev–Trinajstić information content (AvgIpc) is 2.28. The van der Waals surface area contributed by atoms with E-state index in [0.29, 0.717) is 25.9 Å². The van der Waals surface area contributed by atoms with Gasteiger partial charge >= 0.3 is 6.09 Å². The topological polar surface area (TPSA) is 84.6 Å². The zero-order chi connectivity index (χ0) is 12.1. The fourth-order valence-electron chi connectivity index (χ4n) is 1.84. The molecule has 0 aromatic rings. The van der Waals surface area contributed by atoms with E-state index in [2.05, 4.69) is 0 Å². The fourth-order valence-corrected chi connectivity index (χ4v) is 1.84. The van der Waals surface area contributed by atoms with Crippen LogP contribution in [0.2, 0.25) is 0 Å². The minimum atomic E-state index is -0.943. The standard InChI is InChI=1S/C10H15N3O3/c1-12(10(15)16)8-3-6-13(7-4-8)9(14)2-5-11/h8H,2-4,6-7H2,1H3,(H,15,16). The molecule has 0 aliphatic carbocycles. The Bertz CT molecular complexity index is 316. The van der Waals surface area contributed by atoms with Gasteiger partial charge in [0.1, 0.15) is 6.42 Å². The summed E-state index contributed by atoms with van der Waals surface area (Å²) in [5.74, 6) is -0.168. The summed E-state index contributed by atoms with van der Waals surface area (Å²) in [6, 6.07) is 1.80. The molecule has 6 heteroatoms. The molecule has 1 heterocycles. The van der Waals surface area contributed by atoms with Crippen LogP contribution in [0.3, 0.4) is 0 Å². The Balaban J connectivity index is 2.43. The summed E-state index contributed by atoms with van der Waals surface area (Å²) in [7, 11) is 1.54. The van der Waals surface area contributed by atoms with Crippen molar-refractivity contribution in [2.24, 2.45) is 0 Å². The van der Waals surface area contributed by atoms with Crippen molar-refractivity contribution in [1.29, 1.82) is 5.26 Å². The van der Waals surface area contributed by atoms with Crippen LogP contribution in [-0.2, 0) is 4.79 Å². The molecule has 0 bridgehead atoms. The smallest absolute Gasteiger partial charge is 0.407 e. The van der Waals surface area contributed by atoms with Gasteiger partial charge in [-0.05, 0) is 12.8 Å². The highest BCUT2D eigenvalue weighted by atomic mass is 16.4. The number of carbonyl (C=O) groups excluding carboxylic acids is 1. The van der Waals surface area contributed by atoms with Crippen LogP contribution in [-0.4, -0.2) is 53.1 Å². The van der Waals surface area contributed by atoms with Crippen molar-refractivity contribution < 1.29 is 14.7 Å². The zero-order valence-corrected chi connectivity index (χ0v) is 9.22. The number of nitriles is 1. The lowest BCUT2D eigenvalue weighted by molar-refractivity contribution is -0.131. The molecule has 16 heavy (non-hydrogen) atoms. The van der Waals surface area contributed by atoms with Crippen molar-refractivity contribution in [3.63, 3.8) is 0 Å². The van der Waals surface area contributed by atoms with Gasteiger partial charge in [0.05, 0.1) is 6.07 Å². The largest absolute Gasteiger partial charge is 0.465 e. The second kappa shape index (κ2) is 5.35. The molecular weight excluding hydrogens is 210 g/mol. The van der Waals surface area contributed by atoms with Gasteiger partial charge in [0, 0.05) is 26.2 Å². The van der Waals surface area contributed by atoms with Crippen LogP contribution in [0.25, 0.3) is 0 Å². The van der Waals surface area contributed by atoms with Crippen molar-refractivity contribution in [3.05, 3.63) is 0 Å². The van der Waals surface area contributed by atoms with Gasteiger partial charge in [-0.1, -0.05) is 0 Å². The third kappa shape index (κ3) is 2.86. The molecule has 1 aliphatic heterocycles. The Labute approximate surface area is 94.0 Å². The molecular formula is C10H15N3O3. The van der Waals surface area contributed by atoms with E-state index in [4.69, 9.17) is 10.4 Å². The van der Waals surface area contributed by atoms with Crippen LogP contribution in [0.1, 0.15) is 19.3 Å². The Morgan fingerprint density at radius 2 is 2.06 bits per heavy atom. The average molecular weight is 225 g/mol. The maximum Gasteiger partial charge on any atom is 0.407 e. The third-order valence-corrected chi connectivity index (χ3v) is 2.90. The molecule has 1 aliphatic rings. The maximum absolute atomic E-state index is 11.4. The van der Waals surface area contributed by atoms with Gasteiger partial charge in [0.2, 0.25) is 5.91 Å². The molecule has 1 fully saturated rings. The van der Waals surface area contributed by atoms with E-state index in [0.717, 1.165) is 0 Å². The van der Waals surface area contributed by atoms with Gasteiger partial charge in [-0.25, -0.2) is 4.79 Å². The minimum absolute atomic E-state index is 0.0244. The van der Waals surface area contributed by atoms with Gasteiger partial charge in [0.15, 0.2) is 0 Å². The van der Waals surface area contributed by atoms with E-state index >= 15 is 0 Å². The molecule has 0 saturated carbocycles. The molecule has 2 amide bonds. The quantitative estimate of drug-likeness (QED) is 0.741. The first kappa shape index (κ1) is 12.3. The van der Waals surface area contributed by atoms with Crippen molar-refractivity contribution >= 4 is 12.0 Å². The molecule has 0 unspecified atom stereocenters. The van der Waals surface area contributed by atoms with Gasteiger partial charge < -0.3 is 14.9 Å². The van der Waals surface area contributed by atoms with Crippen LogP contribution < -0.4 is 0 Å². The van der Waals surface area contributed by atoms with Crippen molar-refractivity contribution in [2.45, 2.75) is 25.3 Å². The summed E-state index contributed by atoms with van der Waals surface area (Å²) >= 11 is 0. The number of carboxylic acid groups (broad SMARTS) is 1. The molecule has 0 atom stereocenters. The lowest BCUT2D eigenvalue weighted by atomic mass is 10.0. The highest BCUT2D eigenvalue weighted by Crippen LogP contribution is 2.15. The number of hydrogen-bond acceptors (Lipinski definition) is 3. The normalized spacial score (nSPS) is 16.6. The number of piperidine rings is 1. The molecule has 1 saturated heterocycles. The first-order valence-corrected chi connectivity index (χ1v) is 5.16. The summed E-state index contributed by atoms with van der Waals surface area (Å²) in [4.78, 5) is 25.0. The summed E-state index contributed by atoms with van der Waals surface area (Å²) in [5, 5.41) is 17.2. The Morgan fingerprint density at radius 3 is 2.50 bits per heavy atom. The number of carbonyl (C=O) groups is 2. The first-order valence-electron chi connectivity index (χ1n) is 5.16. The molecule has 88 valence electrons. The number of likely N-dealkylation sites (tertiary alicyclic amines) is 1. The zero-order valence-electron chi connectivity index (χ0n) is 9.22. The van der Waals surface area contributed by atoms with Crippen LogP contribution in [0.15, 0.2) is 0 Å². The van der Waals surface area contributed by atoms with Gasteiger partial charge in [-0.3, -0.25) is 4.79 Å². The lowest BCUT2D eigenvalue weighted by Crippen LogP contribution is -2.46. The number of rotatable bonds is 2. The van der Waals surface area contributed by atoms with Crippen molar-refractivity contribution in [2.75, 3.05) is 20.1 Å². The predicted octanol–water partition coefficient (Wildman–Crippen LogP) is 0.501. The monoisotopic (exact) mass is 225 g/mol. The summed E-state index contributed by atoms with van der Waals surface area (Å²) in [6.45, 7) is 1.06. The summed E-state index contributed by atoms with van der Waals surface area (Å²) < 4.78 is 0. The predicted molar refractivity (Wildman–Crippen MR) is 55.6 cm³/mol. The summed E-state index contributed by atoms with van der Waals surface area (Å²) in [6.07, 6.45) is 0.237. The van der Waals surface area contributed by atoms with Gasteiger partial charge in [0.25, 0.3) is 0 Å². The molecule has 0 radical (unpaired) electrons. The van der Waals surface area contributed by atoms with E-state index in [-0.39, 0.29) is 18.4 Å². The van der Waals surface area contributed by atoms with E-state index in [1.165, 1.54) is 4.90 Å². The van der Waals surface area contributed by atoms with Crippen LogP contribution >= 0.6 is 0 Å². The van der Waals surface area contributed by atoms with Crippen LogP contribution in [0.5, 0.6) is 0 Å². The molecule has 0 spiro atoms. The second-order valence-electron chi connectivity index (χ2n) is 3.84. The number of hydrogen-bond donors (Lipinski definition) is 1. The Hall–Kier alpha value is -1.77. The van der Waals surface area contributed by atoms with E-state index in [1.54, 1.807) is 11.9 Å². The van der Waals surface area contributed by atoms with E-state index in [1.807, 2.05) is 6.07 Å². The SMILES string of the molecule is CN(C(=O)O)C1CCN(C(=O)CC#N)CC1. The van der Waals surface area contributed by atoms with Crippen molar-refractivity contribution in [1.82, 2.24) is 9.80 Å². The Kier molecular flexibility index (Phi) is 4.11. The third-order valence-electron chi connectivity index (χ3n) is 2.90. The van der Waals surface area contributed by atoms with Gasteiger partial charge in [-0.15, -0.1) is 0 Å². The van der Waals surface area contributed by atoms with Crippen molar-refractivity contribution in [3.8, 4) is 6.07 Å². The van der Waals surface area contributed by atoms with Gasteiger partial charge in [-0.2, -0.15) is 5.26 Å². The maximum atomic E-state index is 11.4. The number of amides is 2. The molecule has 1 N–H and O–H groups in total. The molecule has 1 rings (SSSR count). The lowest BCUT2D eigenvalue weighted by Gasteiger charge is -2.35. The molecule has 6 nitrogen and oxygen atoms in total. The first-order chi connectivity index (χ1) is 7.56. The highest BCUT2D eigenvalue weighted by Gasteiger charge is 2.26. The van der Waals surface area contributed by atoms with Crippen LogP contribution in [0, 0.1) is 11.3 Å². The van der Waals surface area contributed by atoms with E-state index < -0.39 is 6.09 Å². The van der Waals surface area contributed by atoms with Crippen LogP contribution in [0.4, 0.5) is 4.79 Å². The molecule has 0 aromatic carbocycles. The number of nitrogens with zero attached hydrogens (tertiary/aromatic N) is 3. The van der Waals surface area contributed by atoms with E-state index in [9.17, 15) is 9.59 Å².